The first-order chi connectivity index (χ1) is 9.24. The first-order valence-corrected chi connectivity index (χ1v) is 5.76. The molecule has 0 fully saturated rings. The van der Waals surface area contributed by atoms with Gasteiger partial charge in [-0.2, -0.15) is 4.98 Å². The van der Waals surface area contributed by atoms with E-state index in [1.54, 1.807) is 7.11 Å². The van der Waals surface area contributed by atoms with Crippen LogP contribution in [-0.4, -0.2) is 24.2 Å². The lowest BCUT2D eigenvalue weighted by Gasteiger charge is -2.10. The maximum Gasteiger partial charge on any atom is 0.242 e. The largest absolute Gasteiger partial charge is 0.497 e. The van der Waals surface area contributed by atoms with Crippen molar-refractivity contribution in [2.75, 3.05) is 25.3 Å². The zero-order valence-corrected chi connectivity index (χ0v) is 10.9. The maximum atomic E-state index is 5.88. The summed E-state index contributed by atoms with van der Waals surface area (Å²) in [7, 11) is 3.16. The van der Waals surface area contributed by atoms with Gasteiger partial charge in [-0.15, -0.1) is 0 Å². The van der Waals surface area contributed by atoms with Gasteiger partial charge in [0.05, 0.1) is 14.2 Å². The fourth-order valence-corrected chi connectivity index (χ4v) is 1.65. The molecule has 2 aromatic rings. The summed E-state index contributed by atoms with van der Waals surface area (Å²) in [6.07, 6.45) is 1.41. The van der Waals surface area contributed by atoms with Gasteiger partial charge < -0.3 is 20.5 Å². The molecule has 0 aliphatic rings. The van der Waals surface area contributed by atoms with Crippen LogP contribution in [-0.2, 0) is 6.54 Å². The van der Waals surface area contributed by atoms with Crippen LogP contribution >= 0.6 is 0 Å². The highest BCUT2D eigenvalue weighted by Gasteiger charge is 2.07. The second-order valence-electron chi connectivity index (χ2n) is 3.85. The van der Waals surface area contributed by atoms with Crippen LogP contribution in [0.15, 0.2) is 30.6 Å². The van der Waals surface area contributed by atoms with Crippen molar-refractivity contribution in [1.29, 1.82) is 0 Å². The van der Waals surface area contributed by atoms with E-state index in [0.717, 1.165) is 11.3 Å². The van der Waals surface area contributed by atoms with Gasteiger partial charge >= 0.3 is 0 Å². The smallest absolute Gasteiger partial charge is 0.242 e. The molecule has 0 atom stereocenters. The van der Waals surface area contributed by atoms with Crippen LogP contribution in [0.1, 0.15) is 5.56 Å². The van der Waals surface area contributed by atoms with Crippen LogP contribution < -0.4 is 20.5 Å². The molecule has 100 valence electrons. The van der Waals surface area contributed by atoms with Crippen molar-refractivity contribution in [3.63, 3.8) is 0 Å². The molecule has 0 radical (unpaired) electrons. The van der Waals surface area contributed by atoms with Crippen LogP contribution in [0.4, 0.5) is 11.5 Å². The summed E-state index contributed by atoms with van der Waals surface area (Å²) in [5.74, 6) is 1.73. The molecule has 0 unspecified atom stereocenters. The molecule has 0 bridgehead atoms. The fourth-order valence-electron chi connectivity index (χ4n) is 1.65. The van der Waals surface area contributed by atoms with Crippen LogP contribution in [0.5, 0.6) is 11.6 Å². The summed E-state index contributed by atoms with van der Waals surface area (Å²) in [4.78, 5) is 8.01. The summed E-state index contributed by atoms with van der Waals surface area (Å²) in [5, 5.41) is 3.14. The number of nitrogens with zero attached hydrogens (tertiary/aromatic N) is 2. The first kappa shape index (κ1) is 12.9. The lowest BCUT2D eigenvalue weighted by atomic mass is 10.2. The van der Waals surface area contributed by atoms with E-state index in [-0.39, 0.29) is 0 Å². The monoisotopic (exact) mass is 260 g/mol. The lowest BCUT2D eigenvalue weighted by molar-refractivity contribution is 0.399. The molecule has 0 saturated carbocycles. The molecule has 1 aromatic carbocycles. The molecule has 0 spiro atoms. The molecule has 2 rings (SSSR count). The van der Waals surface area contributed by atoms with E-state index in [4.69, 9.17) is 15.2 Å². The average Bonchev–Trinajstić information content (AvgIpc) is 2.46. The molecule has 0 saturated heterocycles. The van der Waals surface area contributed by atoms with Crippen molar-refractivity contribution in [2.24, 2.45) is 0 Å². The topological polar surface area (TPSA) is 82.3 Å². The zero-order chi connectivity index (χ0) is 13.7. The summed E-state index contributed by atoms with van der Waals surface area (Å²) in [6, 6.07) is 7.76. The number of anilines is 2. The van der Waals surface area contributed by atoms with Crippen molar-refractivity contribution in [3.05, 3.63) is 36.2 Å². The number of hydrogen-bond donors (Lipinski definition) is 2. The van der Waals surface area contributed by atoms with Gasteiger partial charge in [0.2, 0.25) is 5.88 Å². The third-order valence-corrected chi connectivity index (χ3v) is 2.63. The number of nitrogens with two attached hydrogens (primary N) is 1. The minimum atomic E-state index is 0.364. The van der Waals surface area contributed by atoms with Gasteiger partial charge in [0.15, 0.2) is 5.82 Å². The Morgan fingerprint density at radius 3 is 2.79 bits per heavy atom. The third-order valence-electron chi connectivity index (χ3n) is 2.63. The molecule has 0 aliphatic carbocycles. The van der Waals surface area contributed by atoms with E-state index in [9.17, 15) is 0 Å². The number of rotatable bonds is 5. The van der Waals surface area contributed by atoms with Crippen molar-refractivity contribution >= 4 is 11.5 Å². The summed E-state index contributed by atoms with van der Waals surface area (Å²) in [6.45, 7) is 0.585. The SMILES string of the molecule is COc1cccc(CNc2ncnc(OC)c2N)c1. The molecule has 0 amide bonds. The van der Waals surface area contributed by atoms with E-state index >= 15 is 0 Å². The van der Waals surface area contributed by atoms with E-state index in [1.807, 2.05) is 24.3 Å². The number of nitrogens with one attached hydrogen (secondary N) is 1. The summed E-state index contributed by atoms with van der Waals surface area (Å²) in [5.41, 5.74) is 7.34. The van der Waals surface area contributed by atoms with Gasteiger partial charge in [-0.3, -0.25) is 0 Å². The van der Waals surface area contributed by atoms with Crippen LogP contribution in [0.25, 0.3) is 0 Å². The Morgan fingerprint density at radius 2 is 2.05 bits per heavy atom. The minimum Gasteiger partial charge on any atom is -0.497 e. The Balaban J connectivity index is 2.10. The molecule has 1 heterocycles. The molecule has 0 aliphatic heterocycles. The third kappa shape index (κ3) is 3.04. The summed E-state index contributed by atoms with van der Waals surface area (Å²) < 4.78 is 10.2. The average molecular weight is 260 g/mol. The van der Waals surface area contributed by atoms with Gasteiger partial charge in [-0.1, -0.05) is 12.1 Å². The van der Waals surface area contributed by atoms with Gasteiger partial charge in [0.25, 0.3) is 0 Å². The number of nitrogen functional groups attached to an aromatic ring is 1. The highest BCUT2D eigenvalue weighted by Crippen LogP contribution is 2.24. The number of methoxy groups -OCH3 is 2. The van der Waals surface area contributed by atoms with Crippen molar-refractivity contribution in [1.82, 2.24) is 9.97 Å². The number of ether oxygens (including phenoxy) is 2. The Morgan fingerprint density at radius 1 is 1.21 bits per heavy atom. The molecule has 1 aromatic heterocycles. The molecular weight excluding hydrogens is 244 g/mol. The maximum absolute atomic E-state index is 5.88. The van der Waals surface area contributed by atoms with E-state index in [2.05, 4.69) is 15.3 Å². The molecule has 19 heavy (non-hydrogen) atoms. The van der Waals surface area contributed by atoms with Gasteiger partial charge in [-0.05, 0) is 17.7 Å². The van der Waals surface area contributed by atoms with Crippen molar-refractivity contribution in [2.45, 2.75) is 6.54 Å². The van der Waals surface area contributed by atoms with Crippen LogP contribution in [0, 0.1) is 0 Å². The molecule has 6 nitrogen and oxygen atoms in total. The number of aromatic nitrogens is 2. The Bertz CT molecular complexity index is 560. The highest BCUT2D eigenvalue weighted by molar-refractivity contribution is 5.66. The van der Waals surface area contributed by atoms with Crippen molar-refractivity contribution in [3.8, 4) is 11.6 Å². The normalized spacial score (nSPS) is 10.0. The zero-order valence-electron chi connectivity index (χ0n) is 10.9. The van der Waals surface area contributed by atoms with Gasteiger partial charge in [0.1, 0.15) is 17.8 Å². The molecule has 6 heteroatoms. The number of hydrogen-bond acceptors (Lipinski definition) is 6. The van der Waals surface area contributed by atoms with Crippen LogP contribution in [0.3, 0.4) is 0 Å². The predicted molar refractivity (Wildman–Crippen MR) is 73.3 cm³/mol. The Kier molecular flexibility index (Phi) is 4.02. The second-order valence-corrected chi connectivity index (χ2v) is 3.85. The molecule has 3 N–H and O–H groups in total. The first-order valence-electron chi connectivity index (χ1n) is 5.76. The van der Waals surface area contributed by atoms with Crippen LogP contribution in [0.2, 0.25) is 0 Å². The predicted octanol–water partition coefficient (Wildman–Crippen LogP) is 1.69. The highest BCUT2D eigenvalue weighted by atomic mass is 16.5. The Labute approximate surface area is 111 Å². The van der Waals surface area contributed by atoms with Gasteiger partial charge in [-0.25, -0.2) is 4.98 Å². The second kappa shape index (κ2) is 5.90. The van der Waals surface area contributed by atoms with Crippen molar-refractivity contribution < 1.29 is 9.47 Å². The van der Waals surface area contributed by atoms with E-state index in [1.165, 1.54) is 13.4 Å². The van der Waals surface area contributed by atoms with E-state index in [0.29, 0.717) is 23.9 Å². The standard InChI is InChI=1S/C13H16N4O2/c1-18-10-5-3-4-9(6-10)7-15-12-11(14)13(19-2)17-8-16-12/h3-6,8H,7,14H2,1-2H3,(H,15,16,17). The quantitative estimate of drug-likeness (QED) is 0.851. The number of benzene rings is 1. The van der Waals surface area contributed by atoms with Gasteiger partial charge in [0, 0.05) is 6.54 Å². The molecular formula is C13H16N4O2. The van der Waals surface area contributed by atoms with E-state index < -0.39 is 0 Å². The Hall–Kier alpha value is -2.50. The fraction of sp³-hybridized carbons (Fsp3) is 0.231. The minimum absolute atomic E-state index is 0.364. The lowest BCUT2D eigenvalue weighted by Crippen LogP contribution is -2.06. The summed E-state index contributed by atoms with van der Waals surface area (Å²) >= 11 is 0.